The van der Waals surface area contributed by atoms with Crippen LogP contribution in [0.4, 0.5) is 11.5 Å². The molecule has 1 saturated carbocycles. The van der Waals surface area contributed by atoms with Crippen LogP contribution in [0, 0.1) is 17.2 Å². The predicted molar refractivity (Wildman–Crippen MR) is 111 cm³/mol. The number of H-pyrrole nitrogens is 1. The molecule has 1 aliphatic carbocycles. The number of carbonyl (C=O) groups is 1. The monoisotopic (exact) mass is 409 g/mol. The Morgan fingerprint density at radius 2 is 2.10 bits per heavy atom. The number of anilines is 2. The van der Waals surface area contributed by atoms with Crippen LogP contribution in [0.5, 0.6) is 0 Å². The number of hydrogen-bond acceptors (Lipinski definition) is 5. The number of fused-ring (bicyclic) bond motifs is 1. The smallest absolute Gasteiger partial charge is 0.232 e. The van der Waals surface area contributed by atoms with Crippen LogP contribution in [-0.2, 0) is 14.8 Å². The quantitative estimate of drug-likeness (QED) is 0.576. The molecule has 9 heteroatoms. The molecule has 4 rings (SSSR count). The van der Waals surface area contributed by atoms with Gasteiger partial charge in [-0.1, -0.05) is 6.07 Å². The van der Waals surface area contributed by atoms with Crippen LogP contribution in [0.25, 0.3) is 22.2 Å². The Hall–Kier alpha value is -3.38. The summed E-state index contributed by atoms with van der Waals surface area (Å²) < 4.78 is 26.2. The number of aromatic nitrogens is 2. The van der Waals surface area contributed by atoms with Gasteiger partial charge in [0.05, 0.1) is 17.0 Å². The summed E-state index contributed by atoms with van der Waals surface area (Å²) in [5, 5.41) is 13.2. The molecule has 0 bridgehead atoms. The second kappa shape index (κ2) is 7.22. The second-order valence-corrected chi connectivity index (χ2v) is 8.95. The molecule has 0 atom stereocenters. The largest absolute Gasteiger partial charge is 0.346 e. The number of nitrogens with one attached hydrogen (secondary N) is 3. The van der Waals surface area contributed by atoms with Gasteiger partial charge in [-0.05, 0) is 55.2 Å². The first kappa shape index (κ1) is 19.0. The minimum Gasteiger partial charge on any atom is -0.346 e. The number of aromatic amines is 1. The van der Waals surface area contributed by atoms with Gasteiger partial charge in [0.2, 0.25) is 15.9 Å². The number of amides is 1. The molecular weight excluding hydrogens is 390 g/mol. The van der Waals surface area contributed by atoms with Crippen molar-refractivity contribution in [3.05, 3.63) is 42.1 Å². The van der Waals surface area contributed by atoms with Crippen molar-refractivity contribution in [2.24, 2.45) is 5.92 Å². The van der Waals surface area contributed by atoms with Crippen molar-refractivity contribution in [2.45, 2.75) is 19.8 Å². The number of hydrogen-bond donors (Lipinski definition) is 3. The molecule has 0 saturated heterocycles. The van der Waals surface area contributed by atoms with Crippen molar-refractivity contribution >= 4 is 38.5 Å². The summed E-state index contributed by atoms with van der Waals surface area (Å²) in [6.07, 6.45) is 3.54. The lowest BCUT2D eigenvalue weighted by Crippen LogP contribution is -2.15. The van der Waals surface area contributed by atoms with Gasteiger partial charge in [0.1, 0.15) is 17.5 Å². The number of nitrogens with zero attached hydrogens (tertiary/aromatic N) is 2. The molecule has 0 radical (unpaired) electrons. The van der Waals surface area contributed by atoms with Crippen LogP contribution in [0.1, 0.15) is 25.3 Å². The number of nitriles is 1. The van der Waals surface area contributed by atoms with Crippen LogP contribution < -0.4 is 10.0 Å². The zero-order valence-corrected chi connectivity index (χ0v) is 16.5. The summed E-state index contributed by atoms with van der Waals surface area (Å²) in [6, 6.07) is 10.6. The highest BCUT2D eigenvalue weighted by Crippen LogP contribution is 2.34. The average Bonchev–Trinajstić information content (AvgIpc) is 3.46. The van der Waals surface area contributed by atoms with E-state index in [0.29, 0.717) is 11.5 Å². The van der Waals surface area contributed by atoms with Gasteiger partial charge < -0.3 is 10.3 Å². The van der Waals surface area contributed by atoms with E-state index < -0.39 is 10.0 Å². The standard InChI is InChI=1S/C20H19N5O3S/c1-2-29(27,28)25-17-6-5-13(9-14(17)11-21)16-10-18(24-20(26)12-3-4-12)23-19-15(16)7-8-22-19/h5-10,12,25H,2-4H2,1H3,(H2,22,23,24,26). The van der Waals surface area contributed by atoms with Crippen LogP contribution >= 0.6 is 0 Å². The minimum atomic E-state index is -3.49. The summed E-state index contributed by atoms with van der Waals surface area (Å²) in [5.41, 5.74) is 2.56. The van der Waals surface area contributed by atoms with Crippen molar-refractivity contribution in [1.82, 2.24) is 9.97 Å². The SMILES string of the molecule is CCS(=O)(=O)Nc1ccc(-c2cc(NC(=O)C3CC3)nc3[nH]ccc23)cc1C#N. The van der Waals surface area contributed by atoms with Crippen LogP contribution in [-0.4, -0.2) is 30.0 Å². The van der Waals surface area contributed by atoms with Gasteiger partial charge >= 0.3 is 0 Å². The lowest BCUT2D eigenvalue weighted by molar-refractivity contribution is -0.117. The maximum Gasteiger partial charge on any atom is 0.232 e. The maximum atomic E-state index is 12.1. The van der Waals surface area contributed by atoms with Crippen molar-refractivity contribution in [3.8, 4) is 17.2 Å². The molecule has 1 aliphatic rings. The van der Waals surface area contributed by atoms with E-state index in [2.05, 4.69) is 20.0 Å². The van der Waals surface area contributed by atoms with E-state index in [1.165, 1.54) is 6.92 Å². The Morgan fingerprint density at radius 1 is 1.31 bits per heavy atom. The van der Waals surface area contributed by atoms with E-state index in [1.54, 1.807) is 30.5 Å². The fraction of sp³-hybridized carbons (Fsp3) is 0.250. The lowest BCUT2D eigenvalue weighted by Gasteiger charge is -2.12. The average molecular weight is 409 g/mol. The molecule has 29 heavy (non-hydrogen) atoms. The Morgan fingerprint density at radius 3 is 2.79 bits per heavy atom. The summed E-state index contributed by atoms with van der Waals surface area (Å²) in [5.74, 6) is 0.353. The third-order valence-corrected chi connectivity index (χ3v) is 6.12. The molecule has 2 aromatic heterocycles. The summed E-state index contributed by atoms with van der Waals surface area (Å²) in [6.45, 7) is 1.53. The first-order valence-electron chi connectivity index (χ1n) is 9.24. The molecule has 148 valence electrons. The van der Waals surface area contributed by atoms with Crippen molar-refractivity contribution in [1.29, 1.82) is 5.26 Å². The van der Waals surface area contributed by atoms with Gasteiger partial charge in [-0.3, -0.25) is 9.52 Å². The van der Waals surface area contributed by atoms with Gasteiger partial charge in [0, 0.05) is 17.5 Å². The summed E-state index contributed by atoms with van der Waals surface area (Å²) in [7, 11) is -3.49. The molecule has 0 spiro atoms. The van der Waals surface area contributed by atoms with E-state index in [-0.39, 0.29) is 28.8 Å². The van der Waals surface area contributed by atoms with Crippen molar-refractivity contribution in [2.75, 3.05) is 15.8 Å². The normalized spacial score (nSPS) is 13.8. The number of carbonyl (C=O) groups excluding carboxylic acids is 1. The topological polar surface area (TPSA) is 128 Å². The van der Waals surface area contributed by atoms with Crippen molar-refractivity contribution < 1.29 is 13.2 Å². The Bertz CT molecular complexity index is 1250. The van der Waals surface area contributed by atoms with E-state index in [1.807, 2.05) is 12.1 Å². The van der Waals surface area contributed by atoms with Gasteiger partial charge in [-0.15, -0.1) is 0 Å². The van der Waals surface area contributed by atoms with Crippen LogP contribution in [0.2, 0.25) is 0 Å². The van der Waals surface area contributed by atoms with Crippen LogP contribution in [0.3, 0.4) is 0 Å². The Kier molecular flexibility index (Phi) is 4.72. The lowest BCUT2D eigenvalue weighted by atomic mass is 10.0. The molecule has 1 aromatic carbocycles. The number of benzene rings is 1. The van der Waals surface area contributed by atoms with Gasteiger partial charge in [-0.25, -0.2) is 13.4 Å². The molecule has 1 amide bonds. The van der Waals surface area contributed by atoms with E-state index in [0.717, 1.165) is 29.4 Å². The molecule has 0 aliphatic heterocycles. The molecule has 1 fully saturated rings. The van der Waals surface area contributed by atoms with Crippen LogP contribution in [0.15, 0.2) is 36.5 Å². The van der Waals surface area contributed by atoms with Gasteiger partial charge in [0.25, 0.3) is 0 Å². The minimum absolute atomic E-state index is 0.0450. The zero-order valence-electron chi connectivity index (χ0n) is 15.7. The van der Waals surface area contributed by atoms with E-state index in [9.17, 15) is 18.5 Å². The number of pyridine rings is 1. The predicted octanol–water partition coefficient (Wildman–Crippen LogP) is 3.21. The molecule has 2 heterocycles. The molecule has 8 nitrogen and oxygen atoms in total. The molecule has 3 aromatic rings. The highest BCUT2D eigenvalue weighted by atomic mass is 32.2. The van der Waals surface area contributed by atoms with Crippen molar-refractivity contribution in [3.63, 3.8) is 0 Å². The highest BCUT2D eigenvalue weighted by Gasteiger charge is 2.30. The molecule has 0 unspecified atom stereocenters. The fourth-order valence-electron chi connectivity index (χ4n) is 3.05. The maximum absolute atomic E-state index is 12.1. The summed E-state index contributed by atoms with van der Waals surface area (Å²) in [4.78, 5) is 19.6. The molecule has 3 N–H and O–H groups in total. The summed E-state index contributed by atoms with van der Waals surface area (Å²) >= 11 is 0. The number of rotatable bonds is 6. The fourth-order valence-corrected chi connectivity index (χ4v) is 3.70. The van der Waals surface area contributed by atoms with Gasteiger partial charge in [-0.2, -0.15) is 5.26 Å². The zero-order chi connectivity index (χ0) is 20.6. The van der Waals surface area contributed by atoms with Gasteiger partial charge in [0.15, 0.2) is 0 Å². The highest BCUT2D eigenvalue weighted by molar-refractivity contribution is 7.92. The first-order chi connectivity index (χ1) is 13.9. The first-order valence-corrected chi connectivity index (χ1v) is 10.9. The third-order valence-electron chi connectivity index (χ3n) is 4.82. The Labute approximate surface area is 168 Å². The van der Waals surface area contributed by atoms with E-state index >= 15 is 0 Å². The molecular formula is C20H19N5O3S. The Balaban J connectivity index is 1.76. The number of sulfonamides is 1. The van der Waals surface area contributed by atoms with E-state index in [4.69, 9.17) is 0 Å². The third kappa shape index (κ3) is 3.93. The second-order valence-electron chi connectivity index (χ2n) is 6.94.